The van der Waals surface area contributed by atoms with Crippen molar-refractivity contribution in [2.75, 3.05) is 11.4 Å². The molecule has 1 aliphatic carbocycles. The molecule has 0 spiro atoms. The van der Waals surface area contributed by atoms with Crippen molar-refractivity contribution in [3.8, 4) is 6.07 Å². The maximum absolute atomic E-state index is 13.0. The van der Waals surface area contributed by atoms with Gasteiger partial charge in [-0.2, -0.15) is 31.6 Å². The maximum atomic E-state index is 13.0. The van der Waals surface area contributed by atoms with Gasteiger partial charge in [0.1, 0.15) is 6.07 Å². The Kier molecular flexibility index (Phi) is 3.67. The van der Waals surface area contributed by atoms with Crippen molar-refractivity contribution in [3.63, 3.8) is 0 Å². The van der Waals surface area contributed by atoms with E-state index in [1.807, 2.05) is 0 Å². The summed E-state index contributed by atoms with van der Waals surface area (Å²) in [4.78, 5) is 4.53. The number of rotatable bonds is 2. The van der Waals surface area contributed by atoms with Gasteiger partial charge < -0.3 is 10.0 Å². The molecule has 2 heterocycles. The van der Waals surface area contributed by atoms with Crippen LogP contribution in [0.1, 0.15) is 17.7 Å². The van der Waals surface area contributed by atoms with E-state index in [9.17, 15) is 31.4 Å². The van der Waals surface area contributed by atoms with Gasteiger partial charge in [0.2, 0.25) is 0 Å². The van der Waals surface area contributed by atoms with Gasteiger partial charge in [0, 0.05) is 6.54 Å². The number of piperidine rings is 1. The van der Waals surface area contributed by atoms with Gasteiger partial charge in [0.05, 0.1) is 23.5 Å². The first-order valence-corrected chi connectivity index (χ1v) is 7.02. The van der Waals surface area contributed by atoms with Crippen LogP contribution in [-0.4, -0.2) is 35.0 Å². The fraction of sp³-hybridized carbons (Fsp3) is 0.571. The number of pyridine rings is 1. The third kappa shape index (κ3) is 2.77. The summed E-state index contributed by atoms with van der Waals surface area (Å²) >= 11 is 0. The Labute approximate surface area is 132 Å². The SMILES string of the molecule is N#Cc1ncc(N2C[C@H]3C[C@H]3[C@@H]2[C@@H](O)C(F)(F)F)cc1C(F)(F)F. The lowest BCUT2D eigenvalue weighted by atomic mass is 10.0. The largest absolute Gasteiger partial charge is 0.419 e. The standard InChI is InChI=1S/C14H11F6N3O/c15-13(16,17)9-2-7(4-22-10(9)3-21)23-5-6-1-8(6)11(23)12(24)14(18,19)20/h2,4,6,8,11-12,24H,1,5H2/t6-,8-,11-,12-/m1/s1. The second kappa shape index (κ2) is 5.24. The average molecular weight is 351 g/mol. The van der Waals surface area contributed by atoms with Crippen LogP contribution in [-0.2, 0) is 6.18 Å². The third-order valence-corrected chi connectivity index (χ3v) is 4.48. The number of aliphatic hydroxyl groups excluding tert-OH is 1. The van der Waals surface area contributed by atoms with Crippen molar-refractivity contribution in [1.82, 2.24) is 4.98 Å². The topological polar surface area (TPSA) is 60.2 Å². The molecular weight excluding hydrogens is 340 g/mol. The van der Waals surface area contributed by atoms with E-state index >= 15 is 0 Å². The van der Waals surface area contributed by atoms with E-state index in [1.165, 1.54) is 6.07 Å². The number of nitrogens with zero attached hydrogens (tertiary/aromatic N) is 3. The number of hydrogen-bond acceptors (Lipinski definition) is 4. The van der Waals surface area contributed by atoms with Crippen molar-refractivity contribution in [3.05, 3.63) is 23.5 Å². The van der Waals surface area contributed by atoms with E-state index < -0.39 is 41.7 Å². The summed E-state index contributed by atoms with van der Waals surface area (Å²) in [6, 6.07) is 0.592. The molecule has 24 heavy (non-hydrogen) atoms. The molecule has 1 saturated carbocycles. The second-order valence-corrected chi connectivity index (χ2v) is 5.99. The first-order chi connectivity index (χ1) is 11.0. The smallest absolute Gasteiger partial charge is 0.382 e. The van der Waals surface area contributed by atoms with Crippen molar-refractivity contribution in [2.45, 2.75) is 30.9 Å². The average Bonchev–Trinajstić information content (AvgIpc) is 3.15. The van der Waals surface area contributed by atoms with Crippen molar-refractivity contribution in [1.29, 1.82) is 5.26 Å². The Morgan fingerprint density at radius 3 is 2.50 bits per heavy atom. The number of hydrogen-bond donors (Lipinski definition) is 1. The molecule has 2 aliphatic rings. The Balaban J connectivity index is 1.98. The molecule has 4 nitrogen and oxygen atoms in total. The van der Waals surface area contributed by atoms with Crippen LogP contribution in [0.25, 0.3) is 0 Å². The van der Waals surface area contributed by atoms with Crippen molar-refractivity contribution in [2.24, 2.45) is 11.8 Å². The highest BCUT2D eigenvalue weighted by atomic mass is 19.4. The molecule has 1 saturated heterocycles. The minimum absolute atomic E-state index is 0.0861. The fourth-order valence-corrected chi connectivity index (χ4v) is 3.30. The predicted octanol–water partition coefficient (Wildman–Crippen LogP) is 2.72. The van der Waals surface area contributed by atoms with Gasteiger partial charge in [0.15, 0.2) is 11.8 Å². The van der Waals surface area contributed by atoms with Gasteiger partial charge in [-0.25, -0.2) is 4.98 Å². The number of nitriles is 1. The molecule has 1 N–H and O–H groups in total. The minimum Gasteiger partial charge on any atom is -0.382 e. The maximum Gasteiger partial charge on any atom is 0.419 e. The first-order valence-electron chi connectivity index (χ1n) is 7.02. The van der Waals surface area contributed by atoms with Gasteiger partial charge in [0.25, 0.3) is 0 Å². The van der Waals surface area contributed by atoms with Crippen LogP contribution in [0.15, 0.2) is 12.3 Å². The molecule has 0 amide bonds. The lowest BCUT2D eigenvalue weighted by molar-refractivity contribution is -0.210. The van der Waals surface area contributed by atoms with E-state index in [0.29, 0.717) is 12.5 Å². The van der Waals surface area contributed by atoms with Gasteiger partial charge in [-0.3, -0.25) is 0 Å². The lowest BCUT2D eigenvalue weighted by Gasteiger charge is -2.33. The molecular formula is C14H11F6N3O. The molecule has 3 rings (SSSR count). The summed E-state index contributed by atoms with van der Waals surface area (Å²) in [6.45, 7) is 0.118. The highest BCUT2D eigenvalue weighted by Gasteiger charge is 2.60. The molecule has 1 aliphatic heterocycles. The normalized spacial score (nSPS) is 27.6. The Morgan fingerprint density at radius 2 is 1.96 bits per heavy atom. The van der Waals surface area contributed by atoms with Crippen LogP contribution in [0.5, 0.6) is 0 Å². The molecule has 130 valence electrons. The quantitative estimate of drug-likeness (QED) is 0.833. The third-order valence-electron chi connectivity index (χ3n) is 4.48. The summed E-state index contributed by atoms with van der Waals surface area (Å²) < 4.78 is 77.5. The van der Waals surface area contributed by atoms with E-state index in [4.69, 9.17) is 5.26 Å². The summed E-state index contributed by atoms with van der Waals surface area (Å²) in [7, 11) is 0. The number of aliphatic hydroxyl groups is 1. The summed E-state index contributed by atoms with van der Waals surface area (Å²) in [5.74, 6) is -0.497. The molecule has 1 aromatic rings. The van der Waals surface area contributed by atoms with Gasteiger partial charge in [-0.05, 0) is 24.3 Å². The molecule has 2 fully saturated rings. The highest BCUT2D eigenvalue weighted by Crippen LogP contribution is 2.53. The van der Waals surface area contributed by atoms with E-state index in [0.717, 1.165) is 11.1 Å². The van der Waals surface area contributed by atoms with Crippen LogP contribution in [0, 0.1) is 23.2 Å². The molecule has 4 atom stereocenters. The van der Waals surface area contributed by atoms with E-state index in [2.05, 4.69) is 4.98 Å². The van der Waals surface area contributed by atoms with Crippen LogP contribution >= 0.6 is 0 Å². The highest BCUT2D eigenvalue weighted by molar-refractivity contribution is 5.54. The van der Waals surface area contributed by atoms with E-state index in [-0.39, 0.29) is 18.2 Å². The summed E-state index contributed by atoms with van der Waals surface area (Å²) in [5, 5.41) is 18.3. The predicted molar refractivity (Wildman–Crippen MR) is 68.7 cm³/mol. The number of aromatic nitrogens is 1. The summed E-state index contributed by atoms with van der Waals surface area (Å²) in [6.07, 6.45) is -10.9. The lowest BCUT2D eigenvalue weighted by Crippen LogP contribution is -2.49. The van der Waals surface area contributed by atoms with Gasteiger partial charge in [-0.15, -0.1) is 0 Å². The Bertz CT molecular complexity index is 695. The second-order valence-electron chi connectivity index (χ2n) is 5.99. The van der Waals surface area contributed by atoms with E-state index in [1.54, 1.807) is 0 Å². The molecule has 1 aromatic heterocycles. The molecule has 0 unspecified atom stereocenters. The van der Waals surface area contributed by atoms with Crippen LogP contribution in [0.2, 0.25) is 0 Å². The Morgan fingerprint density at radius 1 is 1.29 bits per heavy atom. The van der Waals surface area contributed by atoms with Gasteiger partial charge >= 0.3 is 12.4 Å². The first kappa shape index (κ1) is 16.8. The van der Waals surface area contributed by atoms with Crippen LogP contribution < -0.4 is 4.90 Å². The monoisotopic (exact) mass is 351 g/mol. The van der Waals surface area contributed by atoms with Gasteiger partial charge in [-0.1, -0.05) is 0 Å². The van der Waals surface area contributed by atoms with Crippen LogP contribution in [0.4, 0.5) is 32.0 Å². The Hall–Kier alpha value is -2.02. The zero-order valence-corrected chi connectivity index (χ0v) is 11.9. The minimum atomic E-state index is -4.87. The zero-order chi connectivity index (χ0) is 17.9. The van der Waals surface area contributed by atoms with Crippen LogP contribution in [0.3, 0.4) is 0 Å². The molecule has 0 aromatic carbocycles. The molecule has 10 heteroatoms. The number of fused-ring (bicyclic) bond motifs is 1. The van der Waals surface area contributed by atoms with Crippen molar-refractivity contribution >= 4 is 5.69 Å². The number of anilines is 1. The summed E-state index contributed by atoms with van der Waals surface area (Å²) in [5.41, 5.74) is -2.33. The number of halogens is 6. The fourth-order valence-electron chi connectivity index (χ4n) is 3.30. The van der Waals surface area contributed by atoms with Crippen molar-refractivity contribution < 1.29 is 31.4 Å². The number of alkyl halides is 6. The molecule has 0 bridgehead atoms. The molecule has 0 radical (unpaired) electrons. The zero-order valence-electron chi connectivity index (χ0n) is 11.9.